The summed E-state index contributed by atoms with van der Waals surface area (Å²) < 4.78 is 14.1. The van der Waals surface area contributed by atoms with Crippen molar-refractivity contribution in [2.75, 3.05) is 0 Å². The number of rotatable bonds is 2. The molecule has 0 unspecified atom stereocenters. The third kappa shape index (κ3) is 2.93. The number of halogens is 1. The fourth-order valence-electron chi connectivity index (χ4n) is 3.25. The first-order valence-corrected chi connectivity index (χ1v) is 7.99. The Morgan fingerprint density at radius 3 is 2.68 bits per heavy atom. The number of ketones is 1. The summed E-state index contributed by atoms with van der Waals surface area (Å²) >= 11 is 0. The Bertz CT molecular complexity index is 966. The highest BCUT2D eigenvalue weighted by molar-refractivity contribution is 5.98. The molecule has 0 saturated carbocycles. The van der Waals surface area contributed by atoms with E-state index in [4.69, 9.17) is 0 Å². The lowest BCUT2D eigenvalue weighted by atomic mass is 9.75. The quantitative estimate of drug-likeness (QED) is 0.776. The lowest BCUT2D eigenvalue weighted by Crippen LogP contribution is -2.27. The second kappa shape index (κ2) is 5.54. The van der Waals surface area contributed by atoms with Gasteiger partial charge in [0.15, 0.2) is 5.78 Å². The number of H-pyrrole nitrogens is 1. The lowest BCUT2D eigenvalue weighted by Gasteiger charge is -2.29. The Morgan fingerprint density at radius 2 is 1.92 bits per heavy atom. The smallest absolute Gasteiger partial charge is 0.204 e. The average Bonchev–Trinajstić information content (AvgIpc) is 3.07. The van der Waals surface area contributed by atoms with E-state index in [0.717, 1.165) is 12.1 Å². The molecule has 1 aromatic carbocycles. The summed E-state index contributed by atoms with van der Waals surface area (Å²) in [5, 5.41) is 13.6. The third-order valence-electron chi connectivity index (χ3n) is 4.36. The molecular formula is C18H16FN5O. The van der Waals surface area contributed by atoms with Crippen LogP contribution in [-0.4, -0.2) is 31.4 Å². The largest absolute Gasteiger partial charge is 0.294 e. The van der Waals surface area contributed by atoms with E-state index in [1.54, 1.807) is 18.2 Å². The van der Waals surface area contributed by atoms with Gasteiger partial charge < -0.3 is 0 Å². The number of Topliss-reactive ketones (excluding diaryl/α,β-unsaturated/α-hetero) is 1. The number of carbonyl (C=O) groups is 1. The summed E-state index contributed by atoms with van der Waals surface area (Å²) in [5.41, 5.74) is 3.06. The van der Waals surface area contributed by atoms with Crippen molar-refractivity contribution < 1.29 is 9.18 Å². The Morgan fingerprint density at radius 1 is 1.12 bits per heavy atom. The number of hydrogen-bond acceptors (Lipinski definition) is 5. The number of carbonyl (C=O) groups excluding carboxylic acids is 1. The molecular weight excluding hydrogens is 321 g/mol. The van der Waals surface area contributed by atoms with Gasteiger partial charge in [-0.15, -0.1) is 10.2 Å². The zero-order valence-corrected chi connectivity index (χ0v) is 13.9. The summed E-state index contributed by atoms with van der Waals surface area (Å²) in [4.78, 5) is 16.9. The molecule has 7 heteroatoms. The van der Waals surface area contributed by atoms with Crippen LogP contribution in [0.25, 0.3) is 22.6 Å². The first-order valence-electron chi connectivity index (χ1n) is 7.99. The van der Waals surface area contributed by atoms with Crippen molar-refractivity contribution in [3.05, 3.63) is 47.4 Å². The number of fused-ring (bicyclic) bond motifs is 1. The van der Waals surface area contributed by atoms with Crippen LogP contribution in [0.2, 0.25) is 0 Å². The Balaban J connectivity index is 1.80. The number of hydrogen-bond donors (Lipinski definition) is 1. The van der Waals surface area contributed by atoms with Gasteiger partial charge in [-0.3, -0.25) is 9.78 Å². The number of tetrazole rings is 1. The molecule has 0 bridgehead atoms. The first kappa shape index (κ1) is 15.6. The highest BCUT2D eigenvalue weighted by Gasteiger charge is 2.32. The number of aromatic nitrogens is 5. The van der Waals surface area contributed by atoms with Gasteiger partial charge in [0.05, 0.1) is 11.4 Å². The molecule has 0 atom stereocenters. The Labute approximate surface area is 143 Å². The highest BCUT2D eigenvalue weighted by atomic mass is 19.1. The van der Waals surface area contributed by atoms with Crippen molar-refractivity contribution in [2.45, 2.75) is 26.7 Å². The Kier molecular flexibility index (Phi) is 3.45. The summed E-state index contributed by atoms with van der Waals surface area (Å²) in [6, 6.07) is 8.06. The standard InChI is InChI=1S/C18H16FN5O/c1-18(2)8-15-13(16(25)9-18)3-4-14(20-15)10-5-11(7-12(19)6-10)17-21-23-24-22-17/h3-7H,8-9H2,1-2H3,(H,21,22,23,24). The predicted molar refractivity (Wildman–Crippen MR) is 89.2 cm³/mol. The Hall–Kier alpha value is -2.96. The van der Waals surface area contributed by atoms with Crippen molar-refractivity contribution >= 4 is 5.78 Å². The molecule has 1 aliphatic rings. The number of benzene rings is 1. The molecule has 126 valence electrons. The summed E-state index contributed by atoms with van der Waals surface area (Å²) in [6.07, 6.45) is 1.23. The van der Waals surface area contributed by atoms with Crippen molar-refractivity contribution in [2.24, 2.45) is 5.41 Å². The highest BCUT2D eigenvalue weighted by Crippen LogP contribution is 2.35. The molecule has 2 heterocycles. The van der Waals surface area contributed by atoms with Crippen LogP contribution in [0.15, 0.2) is 30.3 Å². The molecule has 0 amide bonds. The van der Waals surface area contributed by atoms with Gasteiger partial charge in [0.2, 0.25) is 5.82 Å². The maximum absolute atomic E-state index is 14.1. The second-order valence-electron chi connectivity index (χ2n) is 7.10. The zero-order chi connectivity index (χ0) is 17.6. The lowest BCUT2D eigenvalue weighted by molar-refractivity contribution is 0.0910. The van der Waals surface area contributed by atoms with Crippen LogP contribution in [0, 0.1) is 11.2 Å². The van der Waals surface area contributed by atoms with E-state index in [2.05, 4.69) is 39.5 Å². The second-order valence-corrected chi connectivity index (χ2v) is 7.10. The average molecular weight is 337 g/mol. The normalized spacial score (nSPS) is 15.9. The number of aromatic amines is 1. The van der Waals surface area contributed by atoms with E-state index in [-0.39, 0.29) is 11.2 Å². The van der Waals surface area contributed by atoms with E-state index in [1.807, 2.05) is 0 Å². The molecule has 2 aromatic heterocycles. The van der Waals surface area contributed by atoms with Crippen molar-refractivity contribution in [1.29, 1.82) is 0 Å². The first-order chi connectivity index (χ1) is 11.9. The molecule has 0 saturated heterocycles. The summed E-state index contributed by atoms with van der Waals surface area (Å²) in [6.45, 7) is 4.11. The van der Waals surface area contributed by atoms with E-state index >= 15 is 0 Å². The number of nitrogens with zero attached hydrogens (tertiary/aromatic N) is 4. The maximum Gasteiger partial charge on any atom is 0.204 e. The van der Waals surface area contributed by atoms with E-state index in [0.29, 0.717) is 34.6 Å². The van der Waals surface area contributed by atoms with Crippen molar-refractivity contribution in [3.63, 3.8) is 0 Å². The van der Waals surface area contributed by atoms with Gasteiger partial charge in [0, 0.05) is 23.1 Å². The molecule has 25 heavy (non-hydrogen) atoms. The van der Waals surface area contributed by atoms with Crippen LogP contribution >= 0.6 is 0 Å². The van der Waals surface area contributed by atoms with E-state index in [1.165, 1.54) is 12.1 Å². The van der Waals surface area contributed by atoms with Crippen molar-refractivity contribution in [1.82, 2.24) is 25.6 Å². The molecule has 1 aliphatic carbocycles. The fraction of sp³-hybridized carbons (Fsp3) is 0.278. The predicted octanol–water partition coefficient (Wildman–Crippen LogP) is 3.22. The maximum atomic E-state index is 14.1. The third-order valence-corrected chi connectivity index (χ3v) is 4.36. The molecule has 4 rings (SSSR count). The molecule has 0 spiro atoms. The minimum atomic E-state index is -0.409. The van der Waals surface area contributed by atoms with Crippen LogP contribution in [-0.2, 0) is 6.42 Å². The monoisotopic (exact) mass is 337 g/mol. The summed E-state index contributed by atoms with van der Waals surface area (Å²) in [5.74, 6) is 0.0141. The molecule has 0 fully saturated rings. The SMILES string of the molecule is CC1(C)CC(=O)c2ccc(-c3cc(F)cc(-c4nn[nH]n4)c3)nc2C1. The van der Waals surface area contributed by atoms with Crippen molar-refractivity contribution in [3.8, 4) is 22.6 Å². The van der Waals surface area contributed by atoms with Crippen LogP contribution in [0.1, 0.15) is 36.3 Å². The minimum Gasteiger partial charge on any atom is -0.294 e. The van der Waals surface area contributed by atoms with Gasteiger partial charge in [-0.25, -0.2) is 4.39 Å². The van der Waals surface area contributed by atoms with Crippen LogP contribution in [0.4, 0.5) is 4.39 Å². The molecule has 1 N–H and O–H groups in total. The van der Waals surface area contributed by atoms with Gasteiger partial charge >= 0.3 is 0 Å². The van der Waals surface area contributed by atoms with Gasteiger partial charge in [-0.2, -0.15) is 5.21 Å². The number of nitrogens with one attached hydrogen (secondary N) is 1. The summed E-state index contributed by atoms with van der Waals surface area (Å²) in [7, 11) is 0. The number of pyridine rings is 1. The zero-order valence-electron chi connectivity index (χ0n) is 13.9. The van der Waals surface area contributed by atoms with Gasteiger partial charge in [0.25, 0.3) is 0 Å². The van der Waals surface area contributed by atoms with Crippen LogP contribution in [0.5, 0.6) is 0 Å². The van der Waals surface area contributed by atoms with Crippen LogP contribution in [0.3, 0.4) is 0 Å². The molecule has 0 radical (unpaired) electrons. The van der Waals surface area contributed by atoms with Gasteiger partial charge in [-0.05, 0) is 47.4 Å². The van der Waals surface area contributed by atoms with Gasteiger partial charge in [-0.1, -0.05) is 13.8 Å². The van der Waals surface area contributed by atoms with E-state index < -0.39 is 5.82 Å². The van der Waals surface area contributed by atoms with Crippen LogP contribution < -0.4 is 0 Å². The topological polar surface area (TPSA) is 84.4 Å². The van der Waals surface area contributed by atoms with Gasteiger partial charge in [0.1, 0.15) is 5.82 Å². The minimum absolute atomic E-state index is 0.108. The fourth-order valence-corrected chi connectivity index (χ4v) is 3.25. The van der Waals surface area contributed by atoms with E-state index in [9.17, 15) is 9.18 Å². The molecule has 6 nitrogen and oxygen atoms in total. The molecule has 3 aromatic rings. The molecule has 0 aliphatic heterocycles.